The van der Waals surface area contributed by atoms with Gasteiger partial charge < -0.3 is 24.6 Å². The fourth-order valence-corrected chi connectivity index (χ4v) is 3.73. The molecule has 0 bridgehead atoms. The van der Waals surface area contributed by atoms with Crippen LogP contribution in [0.2, 0.25) is 0 Å². The maximum atomic E-state index is 10.1. The molecule has 9 heteroatoms. The van der Waals surface area contributed by atoms with Gasteiger partial charge in [0.1, 0.15) is 18.0 Å². The zero-order valence-electron chi connectivity index (χ0n) is 16.8. The Morgan fingerprint density at radius 3 is 3.00 bits per heavy atom. The van der Waals surface area contributed by atoms with E-state index < -0.39 is 0 Å². The molecule has 154 valence electrons. The van der Waals surface area contributed by atoms with Gasteiger partial charge in [0.15, 0.2) is 0 Å². The van der Waals surface area contributed by atoms with E-state index >= 15 is 0 Å². The highest BCUT2D eigenvalue weighted by molar-refractivity contribution is 5.59. The van der Waals surface area contributed by atoms with Crippen molar-refractivity contribution in [3.8, 4) is 11.1 Å². The summed E-state index contributed by atoms with van der Waals surface area (Å²) in [4.78, 5) is 13.1. The molecule has 1 fully saturated rings. The van der Waals surface area contributed by atoms with Gasteiger partial charge in [-0.15, -0.1) is 0 Å². The summed E-state index contributed by atoms with van der Waals surface area (Å²) in [7, 11) is 4.09. The van der Waals surface area contributed by atoms with E-state index in [1.54, 1.807) is 18.9 Å². The second-order valence-electron chi connectivity index (χ2n) is 7.65. The van der Waals surface area contributed by atoms with E-state index in [4.69, 9.17) is 4.42 Å². The average Bonchev–Trinajstić information content (AvgIpc) is 3.42. The van der Waals surface area contributed by atoms with Crippen molar-refractivity contribution >= 4 is 11.6 Å². The minimum absolute atomic E-state index is 0.244. The lowest BCUT2D eigenvalue weighted by atomic mass is 10.2. The van der Waals surface area contributed by atoms with E-state index in [9.17, 15) is 5.11 Å². The Labute approximate surface area is 170 Å². The predicted molar refractivity (Wildman–Crippen MR) is 111 cm³/mol. The normalized spacial score (nSPS) is 19.2. The number of nitrogens with one attached hydrogen (secondary N) is 1. The summed E-state index contributed by atoms with van der Waals surface area (Å²) >= 11 is 0. The third-order valence-electron chi connectivity index (χ3n) is 5.05. The van der Waals surface area contributed by atoms with Crippen molar-refractivity contribution < 1.29 is 9.52 Å². The Kier molecular flexibility index (Phi) is 5.77. The lowest BCUT2D eigenvalue weighted by Gasteiger charge is -2.27. The zero-order valence-corrected chi connectivity index (χ0v) is 16.8. The molecule has 1 aliphatic heterocycles. The van der Waals surface area contributed by atoms with Gasteiger partial charge in [0, 0.05) is 49.1 Å². The summed E-state index contributed by atoms with van der Waals surface area (Å²) in [6.45, 7) is 2.87. The maximum absolute atomic E-state index is 10.1. The van der Waals surface area contributed by atoms with Crippen LogP contribution in [-0.4, -0.2) is 75.6 Å². The van der Waals surface area contributed by atoms with Crippen LogP contribution in [0, 0.1) is 0 Å². The van der Waals surface area contributed by atoms with Gasteiger partial charge in [-0.1, -0.05) is 0 Å². The molecule has 0 radical (unpaired) electrons. The molecular formula is C20H27N7O2. The molecule has 3 aromatic heterocycles. The number of aromatic nitrogens is 4. The first-order valence-electron chi connectivity index (χ1n) is 9.79. The van der Waals surface area contributed by atoms with Crippen LogP contribution in [0.15, 0.2) is 47.8 Å². The number of hydrogen-bond acceptors (Lipinski definition) is 8. The standard InChI is InChI=1S/C20H27N7O2/c1-25(2)11-17-7-18(28)12-27(17)20-8-19(22-14-23-20)21-4-5-26-10-16(9-24-26)15-3-6-29-13-15/h3,6,8-10,13-14,17-18,28H,4-5,7,11-12H2,1-2H3,(H,21,22,23)/t17-,18-/m1/s1. The summed E-state index contributed by atoms with van der Waals surface area (Å²) in [5.74, 6) is 1.61. The molecule has 1 aliphatic rings. The number of likely N-dealkylation sites (N-methyl/N-ethyl adjacent to an activating group) is 1. The Balaban J connectivity index is 1.35. The Hall–Kier alpha value is -2.91. The van der Waals surface area contributed by atoms with Crippen molar-refractivity contribution in [2.45, 2.75) is 25.1 Å². The molecule has 0 saturated carbocycles. The van der Waals surface area contributed by atoms with Crippen LogP contribution >= 0.6 is 0 Å². The molecule has 2 N–H and O–H groups in total. The van der Waals surface area contributed by atoms with Crippen molar-refractivity contribution in [3.63, 3.8) is 0 Å². The van der Waals surface area contributed by atoms with Gasteiger partial charge in [-0.3, -0.25) is 4.68 Å². The maximum Gasteiger partial charge on any atom is 0.134 e. The summed E-state index contributed by atoms with van der Waals surface area (Å²) in [6, 6.07) is 4.11. The van der Waals surface area contributed by atoms with Crippen molar-refractivity contribution in [1.82, 2.24) is 24.6 Å². The molecule has 4 rings (SSSR count). The average molecular weight is 397 g/mol. The summed E-state index contributed by atoms with van der Waals surface area (Å²) in [5, 5.41) is 17.8. The minimum Gasteiger partial charge on any atom is -0.472 e. The van der Waals surface area contributed by atoms with Crippen LogP contribution < -0.4 is 10.2 Å². The SMILES string of the molecule is CN(C)C[C@H]1C[C@@H](O)CN1c1cc(NCCn2cc(-c3ccoc3)cn2)ncn1. The smallest absolute Gasteiger partial charge is 0.134 e. The van der Waals surface area contributed by atoms with Gasteiger partial charge >= 0.3 is 0 Å². The molecule has 2 atom stereocenters. The van der Waals surface area contributed by atoms with E-state index in [-0.39, 0.29) is 12.1 Å². The Bertz CT molecular complexity index is 909. The Morgan fingerprint density at radius 1 is 1.31 bits per heavy atom. The van der Waals surface area contributed by atoms with E-state index in [0.717, 1.165) is 35.7 Å². The zero-order chi connectivity index (χ0) is 20.2. The number of β-amino-alcohol motifs (C(OH)–C–C–N with tert-alkyl or cyclic N) is 1. The molecule has 1 saturated heterocycles. The van der Waals surface area contributed by atoms with E-state index in [0.29, 0.717) is 19.6 Å². The summed E-state index contributed by atoms with van der Waals surface area (Å²) in [6.07, 6.45) is 9.19. The van der Waals surface area contributed by atoms with Crippen LogP contribution in [0.4, 0.5) is 11.6 Å². The van der Waals surface area contributed by atoms with Gasteiger partial charge in [0.2, 0.25) is 0 Å². The number of aliphatic hydroxyl groups excluding tert-OH is 1. The number of rotatable bonds is 8. The van der Waals surface area contributed by atoms with E-state index in [2.05, 4.69) is 30.2 Å². The highest BCUT2D eigenvalue weighted by atomic mass is 16.3. The van der Waals surface area contributed by atoms with Crippen molar-refractivity contribution in [1.29, 1.82) is 0 Å². The molecule has 0 spiro atoms. The van der Waals surface area contributed by atoms with E-state index in [1.807, 2.05) is 43.3 Å². The number of anilines is 2. The second kappa shape index (κ2) is 8.62. The largest absolute Gasteiger partial charge is 0.472 e. The monoisotopic (exact) mass is 397 g/mol. The third kappa shape index (κ3) is 4.75. The van der Waals surface area contributed by atoms with Gasteiger partial charge in [0.25, 0.3) is 0 Å². The first kappa shape index (κ1) is 19.4. The minimum atomic E-state index is -0.324. The molecule has 0 amide bonds. The third-order valence-corrected chi connectivity index (χ3v) is 5.05. The van der Waals surface area contributed by atoms with Gasteiger partial charge in [-0.05, 0) is 26.6 Å². The fourth-order valence-electron chi connectivity index (χ4n) is 3.73. The van der Waals surface area contributed by atoms with Gasteiger partial charge in [-0.25, -0.2) is 9.97 Å². The highest BCUT2D eigenvalue weighted by Crippen LogP contribution is 2.25. The summed E-state index contributed by atoms with van der Waals surface area (Å²) in [5.41, 5.74) is 2.05. The van der Waals surface area contributed by atoms with Crippen molar-refractivity contribution in [3.05, 3.63) is 43.4 Å². The molecule has 29 heavy (non-hydrogen) atoms. The quantitative estimate of drug-likeness (QED) is 0.591. The molecule has 0 aliphatic carbocycles. The molecule has 4 heterocycles. The lowest BCUT2D eigenvalue weighted by Crippen LogP contribution is -2.38. The lowest BCUT2D eigenvalue weighted by molar-refractivity contribution is 0.191. The molecule has 9 nitrogen and oxygen atoms in total. The Morgan fingerprint density at radius 2 is 2.21 bits per heavy atom. The van der Waals surface area contributed by atoms with Crippen LogP contribution in [0.25, 0.3) is 11.1 Å². The molecule has 0 aromatic carbocycles. The number of hydrogen-bond donors (Lipinski definition) is 2. The first-order chi connectivity index (χ1) is 14.1. The van der Waals surface area contributed by atoms with Crippen LogP contribution in [0.1, 0.15) is 6.42 Å². The second-order valence-corrected chi connectivity index (χ2v) is 7.65. The van der Waals surface area contributed by atoms with Crippen molar-refractivity contribution in [2.75, 3.05) is 43.9 Å². The summed E-state index contributed by atoms with van der Waals surface area (Å²) < 4.78 is 7.01. The van der Waals surface area contributed by atoms with Crippen LogP contribution in [-0.2, 0) is 6.54 Å². The number of nitrogens with zero attached hydrogens (tertiary/aromatic N) is 6. The van der Waals surface area contributed by atoms with E-state index in [1.165, 1.54) is 0 Å². The predicted octanol–water partition coefficient (Wildman–Crippen LogP) is 1.55. The fraction of sp³-hybridized carbons (Fsp3) is 0.450. The van der Waals surface area contributed by atoms with Gasteiger partial charge in [0.05, 0.1) is 31.4 Å². The van der Waals surface area contributed by atoms with Crippen molar-refractivity contribution in [2.24, 2.45) is 0 Å². The molecular weight excluding hydrogens is 370 g/mol. The van der Waals surface area contributed by atoms with Crippen LogP contribution in [0.5, 0.6) is 0 Å². The first-order valence-corrected chi connectivity index (χ1v) is 9.79. The molecule has 0 unspecified atom stereocenters. The van der Waals surface area contributed by atoms with Crippen LogP contribution in [0.3, 0.4) is 0 Å². The topological polar surface area (TPSA) is 95.5 Å². The van der Waals surface area contributed by atoms with Gasteiger partial charge in [-0.2, -0.15) is 5.10 Å². The molecule has 3 aromatic rings. The highest BCUT2D eigenvalue weighted by Gasteiger charge is 2.32. The number of aliphatic hydroxyl groups is 1. The number of furan rings is 1.